The molecule has 1 saturated carbocycles. The Balaban J connectivity index is 1.94. The SMILES string of the molecule is CCC1CC1(O)C1CCOC1. The van der Waals surface area contributed by atoms with Gasteiger partial charge in [-0.2, -0.15) is 0 Å². The lowest BCUT2D eigenvalue weighted by Crippen LogP contribution is -2.24. The van der Waals surface area contributed by atoms with Gasteiger partial charge in [0.25, 0.3) is 0 Å². The van der Waals surface area contributed by atoms with Gasteiger partial charge in [-0.1, -0.05) is 13.3 Å². The molecule has 2 aliphatic rings. The summed E-state index contributed by atoms with van der Waals surface area (Å²) in [6, 6.07) is 0. The number of rotatable bonds is 2. The zero-order valence-electron chi connectivity index (χ0n) is 7.05. The van der Waals surface area contributed by atoms with E-state index in [1.54, 1.807) is 0 Å². The Morgan fingerprint density at radius 2 is 2.45 bits per heavy atom. The molecule has 2 rings (SSSR count). The molecule has 64 valence electrons. The third kappa shape index (κ3) is 1.09. The molecule has 2 heteroatoms. The van der Waals surface area contributed by atoms with Gasteiger partial charge >= 0.3 is 0 Å². The Bertz CT molecular complexity index is 152. The van der Waals surface area contributed by atoms with E-state index in [0.717, 1.165) is 32.5 Å². The molecule has 0 spiro atoms. The van der Waals surface area contributed by atoms with Crippen LogP contribution in [0.1, 0.15) is 26.2 Å². The van der Waals surface area contributed by atoms with Crippen LogP contribution in [0.2, 0.25) is 0 Å². The molecule has 0 aromatic rings. The highest BCUT2D eigenvalue weighted by atomic mass is 16.5. The molecule has 0 radical (unpaired) electrons. The van der Waals surface area contributed by atoms with Crippen LogP contribution in [-0.4, -0.2) is 23.9 Å². The van der Waals surface area contributed by atoms with Gasteiger partial charge in [0, 0.05) is 12.5 Å². The molecule has 1 aliphatic heterocycles. The van der Waals surface area contributed by atoms with Crippen molar-refractivity contribution < 1.29 is 9.84 Å². The molecule has 3 unspecified atom stereocenters. The van der Waals surface area contributed by atoms with Crippen LogP contribution in [0.3, 0.4) is 0 Å². The van der Waals surface area contributed by atoms with Gasteiger partial charge in [-0.15, -0.1) is 0 Å². The van der Waals surface area contributed by atoms with E-state index in [1.165, 1.54) is 0 Å². The van der Waals surface area contributed by atoms with E-state index < -0.39 is 0 Å². The van der Waals surface area contributed by atoms with E-state index in [2.05, 4.69) is 6.92 Å². The highest BCUT2D eigenvalue weighted by Gasteiger charge is 2.57. The van der Waals surface area contributed by atoms with E-state index >= 15 is 0 Å². The monoisotopic (exact) mass is 156 g/mol. The first-order valence-electron chi connectivity index (χ1n) is 4.57. The molecular weight excluding hydrogens is 140 g/mol. The summed E-state index contributed by atoms with van der Waals surface area (Å²) < 4.78 is 5.26. The van der Waals surface area contributed by atoms with E-state index in [-0.39, 0.29) is 5.60 Å². The molecular formula is C9H16O2. The average molecular weight is 156 g/mol. The summed E-state index contributed by atoms with van der Waals surface area (Å²) >= 11 is 0. The van der Waals surface area contributed by atoms with Gasteiger partial charge in [0.15, 0.2) is 0 Å². The van der Waals surface area contributed by atoms with Crippen LogP contribution >= 0.6 is 0 Å². The van der Waals surface area contributed by atoms with Crippen molar-refractivity contribution in [3.63, 3.8) is 0 Å². The first-order valence-corrected chi connectivity index (χ1v) is 4.57. The fourth-order valence-corrected chi connectivity index (χ4v) is 2.26. The van der Waals surface area contributed by atoms with Crippen molar-refractivity contribution in [2.24, 2.45) is 11.8 Å². The molecule has 1 N–H and O–H groups in total. The third-order valence-electron chi connectivity index (χ3n) is 3.25. The number of aliphatic hydroxyl groups is 1. The maximum absolute atomic E-state index is 10.0. The second-order valence-corrected chi connectivity index (χ2v) is 3.86. The molecule has 0 bridgehead atoms. The molecule has 3 atom stereocenters. The summed E-state index contributed by atoms with van der Waals surface area (Å²) in [5.74, 6) is 1.00. The van der Waals surface area contributed by atoms with Crippen LogP contribution in [0.4, 0.5) is 0 Å². The fourth-order valence-electron chi connectivity index (χ4n) is 2.26. The van der Waals surface area contributed by atoms with Crippen LogP contribution in [0.15, 0.2) is 0 Å². The summed E-state index contributed by atoms with van der Waals surface area (Å²) in [6.07, 6.45) is 3.19. The molecule has 1 saturated heterocycles. The van der Waals surface area contributed by atoms with Gasteiger partial charge in [0.1, 0.15) is 0 Å². The van der Waals surface area contributed by atoms with Crippen LogP contribution in [-0.2, 0) is 4.74 Å². The Morgan fingerprint density at radius 1 is 1.64 bits per heavy atom. The van der Waals surface area contributed by atoms with Gasteiger partial charge in [-0.25, -0.2) is 0 Å². The second kappa shape index (κ2) is 2.46. The fraction of sp³-hybridized carbons (Fsp3) is 1.00. The summed E-state index contributed by atoms with van der Waals surface area (Å²) in [7, 11) is 0. The van der Waals surface area contributed by atoms with Crippen molar-refractivity contribution in [2.75, 3.05) is 13.2 Å². The van der Waals surface area contributed by atoms with Crippen molar-refractivity contribution in [3.05, 3.63) is 0 Å². The zero-order valence-corrected chi connectivity index (χ0v) is 7.05. The lowest BCUT2D eigenvalue weighted by atomic mass is 9.97. The van der Waals surface area contributed by atoms with Crippen molar-refractivity contribution in [2.45, 2.75) is 31.8 Å². The standard InChI is InChI=1S/C9H16O2/c1-2-7-5-9(7,10)8-3-4-11-6-8/h7-8,10H,2-6H2,1H3. The second-order valence-electron chi connectivity index (χ2n) is 3.86. The lowest BCUT2D eigenvalue weighted by Gasteiger charge is -2.15. The molecule has 1 heterocycles. The summed E-state index contributed by atoms with van der Waals surface area (Å²) in [5, 5.41) is 10.0. The van der Waals surface area contributed by atoms with Crippen molar-refractivity contribution in [3.8, 4) is 0 Å². The smallest absolute Gasteiger partial charge is 0.0731 e. The molecule has 11 heavy (non-hydrogen) atoms. The van der Waals surface area contributed by atoms with E-state index in [9.17, 15) is 5.11 Å². The Hall–Kier alpha value is -0.0800. The van der Waals surface area contributed by atoms with Crippen LogP contribution in [0.5, 0.6) is 0 Å². The van der Waals surface area contributed by atoms with E-state index in [0.29, 0.717) is 11.8 Å². The maximum atomic E-state index is 10.0. The van der Waals surface area contributed by atoms with Crippen LogP contribution in [0.25, 0.3) is 0 Å². The van der Waals surface area contributed by atoms with Gasteiger partial charge in [0.2, 0.25) is 0 Å². The van der Waals surface area contributed by atoms with E-state index in [1.807, 2.05) is 0 Å². The topological polar surface area (TPSA) is 29.5 Å². The molecule has 0 aromatic heterocycles. The minimum Gasteiger partial charge on any atom is -0.389 e. The molecule has 2 nitrogen and oxygen atoms in total. The van der Waals surface area contributed by atoms with Crippen molar-refractivity contribution in [1.29, 1.82) is 0 Å². The van der Waals surface area contributed by atoms with Gasteiger partial charge < -0.3 is 9.84 Å². The summed E-state index contributed by atoms with van der Waals surface area (Å²) in [4.78, 5) is 0. The highest BCUT2D eigenvalue weighted by Crippen LogP contribution is 2.52. The number of ether oxygens (including phenoxy) is 1. The molecule has 1 aliphatic carbocycles. The Morgan fingerprint density at radius 3 is 2.91 bits per heavy atom. The largest absolute Gasteiger partial charge is 0.389 e. The first kappa shape index (κ1) is 7.56. The quantitative estimate of drug-likeness (QED) is 0.650. The average Bonchev–Trinajstić information content (AvgIpc) is 2.55. The molecule has 2 fully saturated rings. The molecule has 0 aromatic carbocycles. The van der Waals surface area contributed by atoms with Crippen LogP contribution < -0.4 is 0 Å². The van der Waals surface area contributed by atoms with Crippen LogP contribution in [0, 0.1) is 11.8 Å². The predicted molar refractivity (Wildman–Crippen MR) is 42.3 cm³/mol. The highest BCUT2D eigenvalue weighted by molar-refractivity contribution is 5.07. The minimum atomic E-state index is -0.328. The zero-order chi connectivity index (χ0) is 7.90. The van der Waals surface area contributed by atoms with Crippen molar-refractivity contribution >= 4 is 0 Å². The Labute approximate surface area is 67.6 Å². The van der Waals surface area contributed by atoms with Gasteiger partial charge in [-0.05, 0) is 18.8 Å². The van der Waals surface area contributed by atoms with Gasteiger partial charge in [0.05, 0.1) is 12.2 Å². The normalized spacial score (nSPS) is 49.6. The molecule has 0 amide bonds. The van der Waals surface area contributed by atoms with Gasteiger partial charge in [-0.3, -0.25) is 0 Å². The van der Waals surface area contributed by atoms with Crippen molar-refractivity contribution in [1.82, 2.24) is 0 Å². The first-order chi connectivity index (χ1) is 5.27. The summed E-state index contributed by atoms with van der Waals surface area (Å²) in [5.41, 5.74) is -0.328. The summed E-state index contributed by atoms with van der Waals surface area (Å²) in [6.45, 7) is 3.79. The van der Waals surface area contributed by atoms with E-state index in [4.69, 9.17) is 4.74 Å². The number of hydrogen-bond donors (Lipinski definition) is 1. The maximum Gasteiger partial charge on any atom is 0.0731 e. The predicted octanol–water partition coefficient (Wildman–Crippen LogP) is 1.18. The Kier molecular flexibility index (Phi) is 1.69. The lowest BCUT2D eigenvalue weighted by molar-refractivity contribution is 0.0549. The third-order valence-corrected chi connectivity index (χ3v) is 3.25. The minimum absolute atomic E-state index is 0.328. The number of hydrogen-bond acceptors (Lipinski definition) is 2.